The van der Waals surface area contributed by atoms with Crippen molar-refractivity contribution in [3.8, 4) is 0 Å². The molecule has 9 heteroatoms. The highest BCUT2D eigenvalue weighted by atomic mass is 35.5. The average molecular weight is 342 g/mol. The highest BCUT2D eigenvalue weighted by Gasteiger charge is 2.31. The van der Waals surface area contributed by atoms with Crippen LogP contribution in [0.3, 0.4) is 0 Å². The molecule has 1 fully saturated rings. The van der Waals surface area contributed by atoms with Crippen LogP contribution in [0.15, 0.2) is 12.1 Å². The highest BCUT2D eigenvalue weighted by Crippen LogP contribution is 2.35. The zero-order valence-corrected chi connectivity index (χ0v) is 13.4. The van der Waals surface area contributed by atoms with E-state index >= 15 is 0 Å². The Balaban J connectivity index is 2.44. The number of halogens is 1. The van der Waals surface area contributed by atoms with E-state index in [2.05, 4.69) is 0 Å². The third-order valence-corrected chi connectivity index (χ3v) is 4.22. The lowest BCUT2D eigenvalue weighted by atomic mass is 9.91. The minimum absolute atomic E-state index is 0.0888. The Morgan fingerprint density at radius 1 is 1.13 bits per heavy atom. The van der Waals surface area contributed by atoms with Crippen LogP contribution in [0.5, 0.6) is 0 Å². The van der Waals surface area contributed by atoms with E-state index in [9.17, 15) is 25.0 Å². The first-order valence-electron chi connectivity index (χ1n) is 7.12. The summed E-state index contributed by atoms with van der Waals surface area (Å²) in [6.07, 6.45) is 0.991. The van der Waals surface area contributed by atoms with Gasteiger partial charge in [-0.15, -0.1) is 0 Å². The van der Waals surface area contributed by atoms with Gasteiger partial charge in [0.15, 0.2) is 5.02 Å². The van der Waals surface area contributed by atoms with Crippen LogP contribution in [0.2, 0.25) is 5.02 Å². The molecule has 1 aromatic carbocycles. The van der Waals surface area contributed by atoms with Crippen molar-refractivity contribution in [2.24, 2.45) is 11.8 Å². The van der Waals surface area contributed by atoms with Gasteiger partial charge in [0.05, 0.1) is 15.4 Å². The van der Waals surface area contributed by atoms with Gasteiger partial charge >= 0.3 is 0 Å². The van der Waals surface area contributed by atoms with E-state index < -0.39 is 32.2 Å². The Labute approximate surface area is 137 Å². The van der Waals surface area contributed by atoms with E-state index in [0.717, 1.165) is 18.6 Å². The predicted molar refractivity (Wildman–Crippen MR) is 83.6 cm³/mol. The minimum Gasteiger partial charge on any atom is -0.338 e. The molecule has 0 saturated carbocycles. The lowest BCUT2D eigenvalue weighted by Crippen LogP contribution is -2.42. The highest BCUT2D eigenvalue weighted by molar-refractivity contribution is 6.35. The summed E-state index contributed by atoms with van der Waals surface area (Å²) in [6.45, 7) is 5.08. The molecule has 2 rings (SSSR count). The van der Waals surface area contributed by atoms with E-state index in [1.807, 2.05) is 13.8 Å². The summed E-state index contributed by atoms with van der Waals surface area (Å²) in [7, 11) is 0. The topological polar surface area (TPSA) is 107 Å². The molecule has 2 unspecified atom stereocenters. The maximum Gasteiger partial charge on any atom is 0.295 e. The van der Waals surface area contributed by atoms with Gasteiger partial charge in [-0.3, -0.25) is 25.0 Å². The van der Waals surface area contributed by atoms with Crippen LogP contribution in [-0.4, -0.2) is 33.7 Å². The molecule has 0 radical (unpaired) electrons. The Morgan fingerprint density at radius 3 is 1.96 bits per heavy atom. The van der Waals surface area contributed by atoms with E-state index in [1.54, 1.807) is 4.90 Å². The van der Waals surface area contributed by atoms with Crippen LogP contribution in [0.4, 0.5) is 11.4 Å². The maximum absolute atomic E-state index is 12.6. The lowest BCUT2D eigenvalue weighted by molar-refractivity contribution is -0.393. The van der Waals surface area contributed by atoms with Crippen LogP contribution in [0, 0.1) is 32.1 Å². The Morgan fingerprint density at radius 2 is 1.57 bits per heavy atom. The smallest absolute Gasteiger partial charge is 0.295 e. The molecule has 2 atom stereocenters. The summed E-state index contributed by atoms with van der Waals surface area (Å²) in [4.78, 5) is 34.6. The number of nitrogens with zero attached hydrogens (tertiary/aromatic N) is 3. The minimum atomic E-state index is -0.826. The second-order valence-corrected chi connectivity index (χ2v) is 6.38. The second kappa shape index (κ2) is 6.49. The van der Waals surface area contributed by atoms with Crippen molar-refractivity contribution in [3.05, 3.63) is 42.9 Å². The fourth-order valence-corrected chi connectivity index (χ4v) is 3.24. The van der Waals surface area contributed by atoms with Gasteiger partial charge in [-0.25, -0.2) is 0 Å². The van der Waals surface area contributed by atoms with Gasteiger partial charge in [0.25, 0.3) is 17.3 Å². The van der Waals surface area contributed by atoms with Crippen molar-refractivity contribution >= 4 is 28.9 Å². The maximum atomic E-state index is 12.6. The Kier molecular flexibility index (Phi) is 4.84. The van der Waals surface area contributed by atoms with Crippen molar-refractivity contribution in [2.45, 2.75) is 20.3 Å². The van der Waals surface area contributed by atoms with Gasteiger partial charge in [0.2, 0.25) is 0 Å². The number of piperidine rings is 1. The SMILES string of the molecule is CC1CC(C)CN(C(=O)c2cc([N+](=O)[O-])c(Cl)c([N+](=O)[O-])c2)C1. The molecule has 0 aliphatic carbocycles. The standard InChI is InChI=1S/C14H16ClN3O5/c1-8-3-9(2)7-16(6-8)14(19)10-4-11(17(20)21)13(15)12(5-10)18(22)23/h4-5,8-9H,3,6-7H2,1-2H3. The summed E-state index contributed by atoms with van der Waals surface area (Å²) in [5.41, 5.74) is -1.36. The Hall–Kier alpha value is -2.22. The summed E-state index contributed by atoms with van der Waals surface area (Å²) < 4.78 is 0. The number of hydrogen-bond donors (Lipinski definition) is 0. The molecule has 0 N–H and O–H groups in total. The molecule has 124 valence electrons. The molecule has 8 nitrogen and oxygen atoms in total. The summed E-state index contributed by atoms with van der Waals surface area (Å²) in [5, 5.41) is 21.5. The average Bonchev–Trinajstić information content (AvgIpc) is 2.45. The molecule has 1 saturated heterocycles. The third kappa shape index (κ3) is 3.58. The van der Waals surface area contributed by atoms with Crippen molar-refractivity contribution in [3.63, 3.8) is 0 Å². The molecule has 0 spiro atoms. The summed E-state index contributed by atoms with van der Waals surface area (Å²) in [5.74, 6) is 0.159. The predicted octanol–water partition coefficient (Wildman–Crippen LogP) is 3.27. The van der Waals surface area contributed by atoms with Gasteiger partial charge in [-0.2, -0.15) is 0 Å². The monoisotopic (exact) mass is 341 g/mol. The fraction of sp³-hybridized carbons (Fsp3) is 0.500. The van der Waals surface area contributed by atoms with Crippen LogP contribution >= 0.6 is 11.6 Å². The number of carbonyl (C=O) groups is 1. The quantitative estimate of drug-likeness (QED) is 0.619. The third-order valence-electron chi connectivity index (χ3n) is 3.83. The van der Waals surface area contributed by atoms with E-state index in [1.165, 1.54) is 0 Å². The van der Waals surface area contributed by atoms with E-state index in [4.69, 9.17) is 11.6 Å². The molecule has 23 heavy (non-hydrogen) atoms. The lowest BCUT2D eigenvalue weighted by Gasteiger charge is -2.35. The van der Waals surface area contributed by atoms with Gasteiger partial charge in [-0.05, 0) is 18.3 Å². The Bertz CT molecular complexity index is 633. The van der Waals surface area contributed by atoms with Gasteiger partial charge in [-0.1, -0.05) is 25.4 Å². The number of likely N-dealkylation sites (tertiary alicyclic amines) is 1. The zero-order valence-electron chi connectivity index (χ0n) is 12.7. The first kappa shape index (κ1) is 17.1. The molecule has 1 heterocycles. The number of rotatable bonds is 3. The van der Waals surface area contributed by atoms with Crippen molar-refractivity contribution in [2.75, 3.05) is 13.1 Å². The van der Waals surface area contributed by atoms with E-state index in [-0.39, 0.29) is 5.56 Å². The number of benzene rings is 1. The molecule has 1 aliphatic rings. The van der Waals surface area contributed by atoms with Gasteiger partial charge < -0.3 is 4.90 Å². The van der Waals surface area contributed by atoms with Crippen LogP contribution < -0.4 is 0 Å². The second-order valence-electron chi connectivity index (χ2n) is 6.00. The number of amides is 1. The number of hydrogen-bond acceptors (Lipinski definition) is 5. The first-order chi connectivity index (χ1) is 10.7. The normalized spacial score (nSPS) is 21.1. The molecule has 1 aliphatic heterocycles. The number of nitro groups is 2. The molecule has 0 aromatic heterocycles. The van der Waals surface area contributed by atoms with Crippen LogP contribution in [0.1, 0.15) is 30.6 Å². The van der Waals surface area contributed by atoms with Gasteiger partial charge in [0, 0.05) is 25.2 Å². The fourth-order valence-electron chi connectivity index (χ4n) is 2.99. The molecule has 1 aromatic rings. The zero-order chi connectivity index (χ0) is 17.3. The number of carbonyl (C=O) groups excluding carboxylic acids is 1. The molecule has 1 amide bonds. The summed E-state index contributed by atoms with van der Waals surface area (Å²) in [6, 6.07) is 2.00. The van der Waals surface area contributed by atoms with Crippen LogP contribution in [0.25, 0.3) is 0 Å². The largest absolute Gasteiger partial charge is 0.338 e. The van der Waals surface area contributed by atoms with Crippen LogP contribution in [-0.2, 0) is 0 Å². The van der Waals surface area contributed by atoms with Gasteiger partial charge in [0.1, 0.15) is 0 Å². The van der Waals surface area contributed by atoms with Crippen molar-refractivity contribution in [1.29, 1.82) is 0 Å². The van der Waals surface area contributed by atoms with E-state index in [0.29, 0.717) is 24.9 Å². The molecular weight excluding hydrogens is 326 g/mol. The molecular formula is C14H16ClN3O5. The van der Waals surface area contributed by atoms with Crippen molar-refractivity contribution < 1.29 is 14.6 Å². The molecule has 0 bridgehead atoms. The first-order valence-corrected chi connectivity index (χ1v) is 7.50. The number of nitro benzene ring substituents is 2. The summed E-state index contributed by atoms with van der Waals surface area (Å²) >= 11 is 5.70. The van der Waals surface area contributed by atoms with Crippen molar-refractivity contribution in [1.82, 2.24) is 4.90 Å².